The van der Waals surface area contributed by atoms with E-state index in [4.69, 9.17) is 0 Å². The van der Waals surface area contributed by atoms with Gasteiger partial charge in [-0.2, -0.15) is 0 Å². The minimum absolute atomic E-state index is 0. The van der Waals surface area contributed by atoms with Crippen molar-refractivity contribution in [3.8, 4) is 5.88 Å². The first-order valence-corrected chi connectivity index (χ1v) is 4.28. The Bertz CT molecular complexity index is 300. The van der Waals surface area contributed by atoms with Gasteiger partial charge < -0.3 is 9.84 Å². The summed E-state index contributed by atoms with van der Waals surface area (Å²) in [7, 11) is 0. The topological polar surface area (TPSA) is 62.2 Å². The number of esters is 1. The average Bonchev–Trinajstić information content (AvgIpc) is 2.30. The summed E-state index contributed by atoms with van der Waals surface area (Å²) in [6, 6.07) is 0. The second kappa shape index (κ2) is 5.59. The van der Waals surface area contributed by atoms with Crippen LogP contribution in [0.3, 0.4) is 0 Å². The van der Waals surface area contributed by atoms with E-state index >= 15 is 0 Å². The van der Waals surface area contributed by atoms with Crippen LogP contribution in [0.25, 0.3) is 0 Å². The van der Waals surface area contributed by atoms with Gasteiger partial charge in [-0.15, -0.1) is 11.3 Å². The van der Waals surface area contributed by atoms with E-state index < -0.39 is 11.8 Å². The molecule has 0 amide bonds. The van der Waals surface area contributed by atoms with Gasteiger partial charge in [-0.1, -0.05) is 0 Å². The largest absolute Gasteiger partial charge is 1.00 e. The molecular weight excluding hydrogens is 201 g/mol. The Kier molecular flexibility index (Phi) is 5.55. The predicted molar refractivity (Wildman–Crippen MR) is 42.3 cm³/mol. The summed E-state index contributed by atoms with van der Waals surface area (Å²) < 4.78 is 4.65. The molecule has 6 heteroatoms. The van der Waals surface area contributed by atoms with E-state index in [1.807, 2.05) is 0 Å². The molecule has 0 unspecified atom stereocenters. The van der Waals surface area contributed by atoms with Gasteiger partial charge in [-0.25, -0.2) is 4.79 Å². The number of ether oxygens (including phenoxy) is 1. The summed E-state index contributed by atoms with van der Waals surface area (Å²) >= 11 is 1.06. The molecule has 0 bridgehead atoms. The van der Waals surface area contributed by atoms with Gasteiger partial charge in [0.1, 0.15) is 4.88 Å². The van der Waals surface area contributed by atoms with E-state index in [1.54, 1.807) is 13.8 Å². The number of carbonyl (C=O) groups is 1. The maximum Gasteiger partial charge on any atom is 1.00 e. The van der Waals surface area contributed by atoms with E-state index in [0.717, 1.165) is 11.3 Å². The van der Waals surface area contributed by atoms with E-state index in [-0.39, 0.29) is 41.0 Å². The Morgan fingerprint density at radius 2 is 2.31 bits per heavy atom. The Labute approximate surface area is 102 Å². The van der Waals surface area contributed by atoms with Gasteiger partial charge in [-0.05, 0) is 13.8 Å². The van der Waals surface area contributed by atoms with Crippen LogP contribution in [0, 0.1) is 6.92 Å². The van der Waals surface area contributed by atoms with Crippen LogP contribution >= 0.6 is 11.3 Å². The molecule has 1 aromatic rings. The third kappa shape index (κ3) is 3.27. The third-order valence-corrected chi connectivity index (χ3v) is 2.10. The number of aromatic nitrogens is 1. The van der Waals surface area contributed by atoms with Gasteiger partial charge in [0, 0.05) is 5.88 Å². The first-order valence-electron chi connectivity index (χ1n) is 3.46. The molecule has 0 radical (unpaired) electrons. The van der Waals surface area contributed by atoms with Crippen molar-refractivity contribution in [1.82, 2.24) is 4.98 Å². The molecular formula is C7H8NNaO3S. The molecule has 4 nitrogen and oxygen atoms in total. The Morgan fingerprint density at radius 3 is 2.69 bits per heavy atom. The van der Waals surface area contributed by atoms with Crippen LogP contribution in [0.2, 0.25) is 0 Å². The van der Waals surface area contributed by atoms with Crippen molar-refractivity contribution in [1.29, 1.82) is 0 Å². The summed E-state index contributed by atoms with van der Waals surface area (Å²) in [6.45, 7) is 3.64. The monoisotopic (exact) mass is 209 g/mol. The molecule has 0 N–H and O–H groups in total. The predicted octanol–water partition coefficient (Wildman–Crippen LogP) is -2.29. The molecule has 1 heterocycles. The van der Waals surface area contributed by atoms with Gasteiger partial charge in [0.15, 0.2) is 0 Å². The number of rotatable bonds is 2. The molecule has 66 valence electrons. The second-order valence-corrected chi connectivity index (χ2v) is 3.29. The summed E-state index contributed by atoms with van der Waals surface area (Å²) in [5.41, 5.74) is 0. The number of nitrogens with zero attached hydrogens (tertiary/aromatic N) is 1. The number of hydrogen-bond acceptors (Lipinski definition) is 5. The van der Waals surface area contributed by atoms with E-state index in [0.29, 0.717) is 5.01 Å². The van der Waals surface area contributed by atoms with Crippen LogP contribution < -0.4 is 34.7 Å². The molecule has 0 saturated heterocycles. The summed E-state index contributed by atoms with van der Waals surface area (Å²) in [5.74, 6) is -1.07. The smallest absolute Gasteiger partial charge is 0.857 e. The number of thiazole rings is 1. The fraction of sp³-hybridized carbons (Fsp3) is 0.429. The number of hydrogen-bond donors (Lipinski definition) is 0. The minimum atomic E-state index is -0.576. The van der Waals surface area contributed by atoms with Crippen molar-refractivity contribution >= 4 is 17.3 Å². The SMILES string of the molecule is CCOC(=O)c1sc(C)nc1[O-].[Na+]. The fourth-order valence-corrected chi connectivity index (χ4v) is 1.43. The van der Waals surface area contributed by atoms with Crippen LogP contribution in [0.4, 0.5) is 0 Å². The third-order valence-electron chi connectivity index (χ3n) is 1.16. The van der Waals surface area contributed by atoms with Crippen LogP contribution in [0.15, 0.2) is 0 Å². The quantitative estimate of drug-likeness (QED) is 0.406. The fourth-order valence-electron chi connectivity index (χ4n) is 0.734. The first-order chi connectivity index (χ1) is 5.65. The average molecular weight is 209 g/mol. The van der Waals surface area contributed by atoms with Crippen molar-refractivity contribution in [2.24, 2.45) is 0 Å². The molecule has 0 fully saturated rings. The zero-order chi connectivity index (χ0) is 9.14. The van der Waals surface area contributed by atoms with Gasteiger partial charge in [0.25, 0.3) is 0 Å². The minimum Gasteiger partial charge on any atom is -0.857 e. The Hall–Kier alpha value is -0.100. The number of aryl methyl sites for hydroxylation is 1. The molecule has 1 aromatic heterocycles. The van der Waals surface area contributed by atoms with E-state index in [9.17, 15) is 9.90 Å². The van der Waals surface area contributed by atoms with E-state index in [1.165, 1.54) is 0 Å². The van der Waals surface area contributed by atoms with Crippen LogP contribution in [0.5, 0.6) is 5.88 Å². The maximum absolute atomic E-state index is 11.0. The molecule has 0 aliphatic carbocycles. The van der Waals surface area contributed by atoms with Gasteiger partial charge in [0.2, 0.25) is 0 Å². The molecule has 0 atom stereocenters. The van der Waals surface area contributed by atoms with Crippen LogP contribution in [-0.2, 0) is 4.74 Å². The van der Waals surface area contributed by atoms with Crippen molar-refractivity contribution in [2.45, 2.75) is 13.8 Å². The summed E-state index contributed by atoms with van der Waals surface area (Å²) in [6.07, 6.45) is 0. The second-order valence-electron chi connectivity index (χ2n) is 2.09. The molecule has 0 aromatic carbocycles. The zero-order valence-electron chi connectivity index (χ0n) is 7.79. The molecule has 1 rings (SSSR count). The van der Waals surface area contributed by atoms with Crippen molar-refractivity contribution in [3.63, 3.8) is 0 Å². The summed E-state index contributed by atoms with van der Waals surface area (Å²) in [4.78, 5) is 14.7. The zero-order valence-corrected chi connectivity index (χ0v) is 10.6. The molecule has 0 aliphatic rings. The molecule has 0 spiro atoms. The van der Waals surface area contributed by atoms with Crippen LogP contribution in [-0.4, -0.2) is 17.6 Å². The number of carbonyl (C=O) groups excluding carboxylic acids is 1. The summed E-state index contributed by atoms with van der Waals surface area (Å²) in [5, 5.41) is 11.5. The first kappa shape index (κ1) is 12.9. The molecule has 0 aliphatic heterocycles. The maximum atomic E-state index is 11.0. The van der Waals surface area contributed by atoms with Crippen molar-refractivity contribution in [2.75, 3.05) is 6.61 Å². The standard InChI is InChI=1S/C7H9NO3S.Na/c1-3-11-7(10)5-6(9)8-4(2)12-5;/h9H,3H2,1-2H3;/q;+1/p-1. The van der Waals surface area contributed by atoms with E-state index in [2.05, 4.69) is 9.72 Å². The van der Waals surface area contributed by atoms with Gasteiger partial charge >= 0.3 is 35.5 Å². The van der Waals surface area contributed by atoms with Gasteiger partial charge in [-0.3, -0.25) is 4.98 Å². The molecule has 0 saturated carbocycles. The van der Waals surface area contributed by atoms with Crippen LogP contribution in [0.1, 0.15) is 21.6 Å². The van der Waals surface area contributed by atoms with Crippen molar-refractivity contribution in [3.05, 3.63) is 9.88 Å². The van der Waals surface area contributed by atoms with Gasteiger partial charge in [0.05, 0.1) is 11.6 Å². The molecule has 13 heavy (non-hydrogen) atoms. The normalized spacial score (nSPS) is 9.08. The van der Waals surface area contributed by atoms with Crippen molar-refractivity contribution < 1.29 is 44.2 Å². The Morgan fingerprint density at radius 1 is 1.69 bits per heavy atom. The Balaban J connectivity index is 0.00000144.